The van der Waals surface area contributed by atoms with Gasteiger partial charge in [-0.3, -0.25) is 0 Å². The van der Waals surface area contributed by atoms with Gasteiger partial charge in [0.1, 0.15) is 0 Å². The second-order valence-corrected chi connectivity index (χ2v) is 5.70. The Morgan fingerprint density at radius 1 is 1.06 bits per heavy atom. The van der Waals surface area contributed by atoms with Crippen molar-refractivity contribution in [3.8, 4) is 0 Å². The fourth-order valence-electron chi connectivity index (χ4n) is 2.52. The molecule has 0 bridgehead atoms. The highest BCUT2D eigenvalue weighted by Crippen LogP contribution is 2.37. The zero-order valence-electron chi connectivity index (χ0n) is 9.62. The standard InChI is InChI=1S/C15H16S/c1-11-6-2-4-8-13(11)15-10-12-7-3-5-9-14(12)16-15/h3,5,7,9-10H,2,4,6,8H2,1H3. The number of hydrogen-bond donors (Lipinski definition) is 0. The van der Waals surface area contributed by atoms with E-state index < -0.39 is 0 Å². The van der Waals surface area contributed by atoms with Crippen molar-refractivity contribution >= 4 is 27.0 Å². The van der Waals surface area contributed by atoms with Gasteiger partial charge >= 0.3 is 0 Å². The summed E-state index contributed by atoms with van der Waals surface area (Å²) < 4.78 is 1.42. The summed E-state index contributed by atoms with van der Waals surface area (Å²) in [6, 6.07) is 11.1. The largest absolute Gasteiger partial charge is 0.136 e. The maximum atomic E-state index is 2.37. The zero-order chi connectivity index (χ0) is 11.0. The normalized spacial score (nSPS) is 17.1. The molecule has 0 amide bonds. The lowest BCUT2D eigenvalue weighted by molar-refractivity contribution is 0.715. The van der Waals surface area contributed by atoms with Crippen molar-refractivity contribution in [2.75, 3.05) is 0 Å². The van der Waals surface area contributed by atoms with E-state index in [1.54, 1.807) is 11.1 Å². The Morgan fingerprint density at radius 3 is 2.69 bits per heavy atom. The van der Waals surface area contributed by atoms with E-state index in [4.69, 9.17) is 0 Å². The number of allylic oxidation sites excluding steroid dienone is 2. The van der Waals surface area contributed by atoms with E-state index in [0.717, 1.165) is 0 Å². The molecule has 1 aromatic carbocycles. The Labute approximate surface area is 101 Å². The second-order valence-electron chi connectivity index (χ2n) is 4.61. The molecule has 0 fully saturated rings. The van der Waals surface area contributed by atoms with Gasteiger partial charge in [0.25, 0.3) is 0 Å². The van der Waals surface area contributed by atoms with Gasteiger partial charge in [0, 0.05) is 9.58 Å². The number of benzene rings is 1. The Morgan fingerprint density at radius 2 is 1.88 bits per heavy atom. The third kappa shape index (κ3) is 1.69. The molecule has 0 unspecified atom stereocenters. The van der Waals surface area contributed by atoms with Gasteiger partial charge < -0.3 is 0 Å². The summed E-state index contributed by atoms with van der Waals surface area (Å²) in [5, 5.41) is 1.40. The summed E-state index contributed by atoms with van der Waals surface area (Å²) in [6.45, 7) is 2.30. The van der Waals surface area contributed by atoms with Gasteiger partial charge in [-0.2, -0.15) is 0 Å². The van der Waals surface area contributed by atoms with Gasteiger partial charge in [0.2, 0.25) is 0 Å². The SMILES string of the molecule is CC1=C(c2cc3ccccc3s2)CCCC1. The first-order chi connectivity index (χ1) is 7.84. The molecule has 0 spiro atoms. The van der Waals surface area contributed by atoms with Gasteiger partial charge in [-0.25, -0.2) is 0 Å². The van der Waals surface area contributed by atoms with Crippen LogP contribution in [0.2, 0.25) is 0 Å². The van der Waals surface area contributed by atoms with E-state index in [2.05, 4.69) is 37.3 Å². The van der Waals surface area contributed by atoms with Gasteiger partial charge in [-0.05, 0) is 55.7 Å². The number of rotatable bonds is 1. The average molecular weight is 228 g/mol. The molecule has 1 aliphatic carbocycles. The van der Waals surface area contributed by atoms with Crippen LogP contribution in [0.5, 0.6) is 0 Å². The van der Waals surface area contributed by atoms with E-state index in [9.17, 15) is 0 Å². The molecule has 1 aliphatic rings. The van der Waals surface area contributed by atoms with E-state index in [1.807, 2.05) is 11.3 Å². The van der Waals surface area contributed by atoms with Crippen molar-refractivity contribution in [2.45, 2.75) is 32.6 Å². The van der Waals surface area contributed by atoms with Crippen LogP contribution in [0, 0.1) is 0 Å². The zero-order valence-corrected chi connectivity index (χ0v) is 10.4. The van der Waals surface area contributed by atoms with Crippen molar-refractivity contribution in [3.05, 3.63) is 40.8 Å². The van der Waals surface area contributed by atoms with E-state index >= 15 is 0 Å². The third-order valence-electron chi connectivity index (χ3n) is 3.47. The molecular weight excluding hydrogens is 212 g/mol. The van der Waals surface area contributed by atoms with Crippen molar-refractivity contribution in [1.29, 1.82) is 0 Å². The van der Waals surface area contributed by atoms with Crippen molar-refractivity contribution in [2.24, 2.45) is 0 Å². The highest BCUT2D eigenvalue weighted by Gasteiger charge is 2.13. The first-order valence-corrected chi connectivity index (χ1v) is 6.84. The Hall–Kier alpha value is -1.08. The molecule has 1 heterocycles. The Balaban J connectivity index is 2.12. The Kier molecular flexibility index (Phi) is 2.56. The molecule has 16 heavy (non-hydrogen) atoms. The summed E-state index contributed by atoms with van der Waals surface area (Å²) in [5.74, 6) is 0. The first kappa shape index (κ1) is 10.1. The molecule has 0 aliphatic heterocycles. The van der Waals surface area contributed by atoms with Gasteiger partial charge in [-0.1, -0.05) is 23.8 Å². The summed E-state index contributed by atoms with van der Waals surface area (Å²) in [4.78, 5) is 1.50. The maximum Gasteiger partial charge on any atom is 0.0349 e. The summed E-state index contributed by atoms with van der Waals surface area (Å²) >= 11 is 1.95. The molecule has 0 radical (unpaired) electrons. The molecule has 0 N–H and O–H groups in total. The monoisotopic (exact) mass is 228 g/mol. The van der Waals surface area contributed by atoms with Crippen molar-refractivity contribution < 1.29 is 0 Å². The van der Waals surface area contributed by atoms with Crippen LogP contribution in [0.3, 0.4) is 0 Å². The van der Waals surface area contributed by atoms with Crippen LogP contribution < -0.4 is 0 Å². The second kappa shape index (κ2) is 4.06. The molecular formula is C15H16S. The fraction of sp³-hybridized carbons (Fsp3) is 0.333. The topological polar surface area (TPSA) is 0 Å². The maximum absolute atomic E-state index is 2.37. The number of thiophene rings is 1. The highest BCUT2D eigenvalue weighted by molar-refractivity contribution is 7.20. The summed E-state index contributed by atoms with van der Waals surface area (Å²) in [5.41, 5.74) is 3.23. The smallest absolute Gasteiger partial charge is 0.0349 e. The Bertz CT molecular complexity index is 512. The predicted octanol–water partition coefficient (Wildman–Crippen LogP) is 5.25. The minimum Gasteiger partial charge on any atom is -0.136 e. The van der Waals surface area contributed by atoms with Gasteiger partial charge in [0.05, 0.1) is 0 Å². The quantitative estimate of drug-likeness (QED) is 0.625. The number of hydrogen-bond acceptors (Lipinski definition) is 1. The molecule has 0 nitrogen and oxygen atoms in total. The van der Waals surface area contributed by atoms with Crippen LogP contribution in [0.25, 0.3) is 15.7 Å². The molecule has 82 valence electrons. The van der Waals surface area contributed by atoms with Crippen molar-refractivity contribution in [1.82, 2.24) is 0 Å². The van der Waals surface area contributed by atoms with Crippen LogP contribution in [0.1, 0.15) is 37.5 Å². The minimum absolute atomic E-state index is 1.28. The average Bonchev–Trinajstić information content (AvgIpc) is 2.73. The summed E-state index contributed by atoms with van der Waals surface area (Å²) in [6.07, 6.45) is 5.31. The highest BCUT2D eigenvalue weighted by atomic mass is 32.1. The molecule has 0 saturated heterocycles. The van der Waals surface area contributed by atoms with Gasteiger partial charge in [0.15, 0.2) is 0 Å². The number of fused-ring (bicyclic) bond motifs is 1. The molecule has 0 saturated carbocycles. The lowest BCUT2D eigenvalue weighted by Crippen LogP contribution is -1.94. The van der Waals surface area contributed by atoms with Crippen LogP contribution in [0.15, 0.2) is 35.9 Å². The molecule has 3 rings (SSSR count). The first-order valence-electron chi connectivity index (χ1n) is 6.02. The van der Waals surface area contributed by atoms with Crippen LogP contribution >= 0.6 is 11.3 Å². The van der Waals surface area contributed by atoms with E-state index in [0.29, 0.717) is 0 Å². The lowest BCUT2D eigenvalue weighted by Gasteiger charge is -2.16. The fourth-order valence-corrected chi connectivity index (χ4v) is 3.73. The van der Waals surface area contributed by atoms with Crippen LogP contribution in [0.4, 0.5) is 0 Å². The summed E-state index contributed by atoms with van der Waals surface area (Å²) in [7, 11) is 0. The molecule has 1 aromatic heterocycles. The minimum atomic E-state index is 1.28. The van der Waals surface area contributed by atoms with Crippen LogP contribution in [-0.4, -0.2) is 0 Å². The lowest BCUT2D eigenvalue weighted by atomic mass is 9.92. The molecule has 2 aromatic rings. The predicted molar refractivity (Wildman–Crippen MR) is 72.9 cm³/mol. The van der Waals surface area contributed by atoms with Crippen LogP contribution in [-0.2, 0) is 0 Å². The van der Waals surface area contributed by atoms with E-state index in [1.165, 1.54) is 40.6 Å². The van der Waals surface area contributed by atoms with E-state index in [-0.39, 0.29) is 0 Å². The van der Waals surface area contributed by atoms with Crippen molar-refractivity contribution in [3.63, 3.8) is 0 Å². The third-order valence-corrected chi connectivity index (χ3v) is 4.64. The molecule has 1 heteroatoms. The van der Waals surface area contributed by atoms with Gasteiger partial charge in [-0.15, -0.1) is 11.3 Å². The molecule has 0 atom stereocenters.